The van der Waals surface area contributed by atoms with Gasteiger partial charge in [0, 0.05) is 6.20 Å². The summed E-state index contributed by atoms with van der Waals surface area (Å²) in [5.41, 5.74) is -0.472. The van der Waals surface area contributed by atoms with Crippen LogP contribution in [0.5, 0.6) is 11.6 Å². The van der Waals surface area contributed by atoms with Crippen molar-refractivity contribution in [3.8, 4) is 11.6 Å². The van der Waals surface area contributed by atoms with Gasteiger partial charge in [-0.1, -0.05) is 18.2 Å². The van der Waals surface area contributed by atoms with Gasteiger partial charge in [0.1, 0.15) is 5.75 Å². The van der Waals surface area contributed by atoms with Gasteiger partial charge in [-0.2, -0.15) is 13.2 Å². The van der Waals surface area contributed by atoms with E-state index < -0.39 is 23.4 Å². The van der Waals surface area contributed by atoms with Crippen LogP contribution in [-0.4, -0.2) is 10.8 Å². The van der Waals surface area contributed by atoms with Crippen LogP contribution in [0.3, 0.4) is 0 Å². The number of pyridine rings is 1. The summed E-state index contributed by atoms with van der Waals surface area (Å²) in [5.74, 6) is -1.66. The summed E-state index contributed by atoms with van der Waals surface area (Å²) in [6, 6.07) is 6.51. The summed E-state index contributed by atoms with van der Waals surface area (Å²) in [6.07, 6.45) is -1.20. The number of carbonyl (C=O) groups is 1. The first-order chi connectivity index (χ1) is 10.8. The zero-order valence-electron chi connectivity index (χ0n) is 11.9. The molecule has 2 aromatic rings. The first kappa shape index (κ1) is 16.7. The van der Waals surface area contributed by atoms with Gasteiger partial charge < -0.3 is 4.74 Å². The molecule has 1 aromatic heterocycles. The van der Waals surface area contributed by atoms with Crippen molar-refractivity contribution in [1.82, 2.24) is 4.98 Å². The zero-order valence-corrected chi connectivity index (χ0v) is 11.9. The predicted octanol–water partition coefficient (Wildman–Crippen LogP) is 4.63. The number of nitrogens with zero attached hydrogens (tertiary/aromatic N) is 1. The summed E-state index contributed by atoms with van der Waals surface area (Å²) in [5, 5.41) is 0. The molecule has 7 heteroatoms. The molecule has 120 valence electrons. The number of allylic oxidation sites excluding steroid dienone is 1. The molecular weight excluding hydrogens is 314 g/mol. The minimum atomic E-state index is -4.67. The second-order valence-electron chi connectivity index (χ2n) is 4.62. The Bertz CT molecular complexity index is 737. The van der Waals surface area contributed by atoms with Gasteiger partial charge >= 0.3 is 6.18 Å². The van der Waals surface area contributed by atoms with Crippen molar-refractivity contribution in [3.63, 3.8) is 0 Å². The summed E-state index contributed by atoms with van der Waals surface area (Å²) in [6.45, 7) is 1.41. The Morgan fingerprint density at radius 1 is 1.22 bits per heavy atom. The van der Waals surface area contributed by atoms with Gasteiger partial charge in [-0.25, -0.2) is 9.37 Å². The SMILES string of the molecule is CC(=O)C=Cc1ccc(Oc2ncc(C(F)(F)F)cc2F)cc1. The average Bonchev–Trinajstić information content (AvgIpc) is 2.47. The lowest BCUT2D eigenvalue weighted by atomic mass is 10.2. The van der Waals surface area contributed by atoms with E-state index in [4.69, 9.17) is 4.74 Å². The third-order valence-electron chi connectivity index (χ3n) is 2.74. The Labute approximate surface area is 129 Å². The molecule has 0 aliphatic heterocycles. The van der Waals surface area contributed by atoms with Crippen LogP contribution in [0.25, 0.3) is 6.08 Å². The fourth-order valence-corrected chi connectivity index (χ4v) is 1.63. The maximum Gasteiger partial charge on any atom is 0.417 e. The molecule has 0 unspecified atom stereocenters. The van der Waals surface area contributed by atoms with E-state index >= 15 is 0 Å². The molecule has 0 spiro atoms. The number of hydrogen-bond donors (Lipinski definition) is 0. The van der Waals surface area contributed by atoms with Crippen LogP contribution in [0, 0.1) is 5.82 Å². The van der Waals surface area contributed by atoms with Crippen LogP contribution < -0.4 is 4.74 Å². The Morgan fingerprint density at radius 2 is 1.87 bits per heavy atom. The Morgan fingerprint density at radius 3 is 2.39 bits per heavy atom. The third-order valence-corrected chi connectivity index (χ3v) is 2.74. The third kappa shape index (κ3) is 4.64. The lowest BCUT2D eigenvalue weighted by molar-refractivity contribution is -0.138. The van der Waals surface area contributed by atoms with Crippen LogP contribution in [0.1, 0.15) is 18.1 Å². The standard InChI is InChI=1S/C16H11F4NO2/c1-10(22)2-3-11-4-6-13(7-5-11)23-15-14(17)8-12(9-21-15)16(18,19)20/h2-9H,1H3. The molecule has 23 heavy (non-hydrogen) atoms. The van der Waals surface area contributed by atoms with Gasteiger partial charge in [0.05, 0.1) is 5.56 Å². The minimum Gasteiger partial charge on any atom is -0.436 e. The zero-order chi connectivity index (χ0) is 17.0. The Balaban J connectivity index is 2.15. The van der Waals surface area contributed by atoms with Gasteiger partial charge in [0.25, 0.3) is 5.88 Å². The molecule has 1 heterocycles. The molecule has 0 saturated carbocycles. The number of benzene rings is 1. The summed E-state index contributed by atoms with van der Waals surface area (Å²) < 4.78 is 56.0. The molecule has 3 nitrogen and oxygen atoms in total. The van der Waals surface area contributed by atoms with Gasteiger partial charge in [-0.05, 0) is 36.8 Å². The minimum absolute atomic E-state index is 0.110. The van der Waals surface area contributed by atoms with Crippen LogP contribution in [0.4, 0.5) is 17.6 Å². The van der Waals surface area contributed by atoms with Crippen molar-refractivity contribution >= 4 is 11.9 Å². The van der Waals surface area contributed by atoms with E-state index in [1.807, 2.05) is 0 Å². The van der Waals surface area contributed by atoms with Crippen molar-refractivity contribution in [2.75, 3.05) is 0 Å². The van der Waals surface area contributed by atoms with Crippen molar-refractivity contribution in [1.29, 1.82) is 0 Å². The van der Waals surface area contributed by atoms with Gasteiger partial charge in [-0.15, -0.1) is 0 Å². The van der Waals surface area contributed by atoms with Gasteiger partial charge in [-0.3, -0.25) is 4.79 Å². The number of ketones is 1. The smallest absolute Gasteiger partial charge is 0.417 e. The van der Waals surface area contributed by atoms with Gasteiger partial charge in [0.2, 0.25) is 0 Å². The number of carbonyl (C=O) groups excluding carboxylic acids is 1. The molecule has 0 aliphatic carbocycles. The van der Waals surface area contributed by atoms with Crippen molar-refractivity contribution in [2.24, 2.45) is 0 Å². The van der Waals surface area contributed by atoms with E-state index in [0.29, 0.717) is 17.8 Å². The fourth-order valence-electron chi connectivity index (χ4n) is 1.63. The second kappa shape index (κ2) is 6.60. The largest absolute Gasteiger partial charge is 0.436 e. The first-order valence-electron chi connectivity index (χ1n) is 6.45. The van der Waals surface area contributed by atoms with E-state index in [1.54, 1.807) is 18.2 Å². The number of ether oxygens (including phenoxy) is 1. The first-order valence-corrected chi connectivity index (χ1v) is 6.45. The van der Waals surface area contributed by atoms with E-state index in [0.717, 1.165) is 0 Å². The molecule has 0 bridgehead atoms. The maximum absolute atomic E-state index is 13.6. The molecular formula is C16H11F4NO2. The quantitative estimate of drug-likeness (QED) is 0.607. The lowest BCUT2D eigenvalue weighted by Gasteiger charge is -2.09. The van der Waals surface area contributed by atoms with Crippen LogP contribution in [-0.2, 0) is 11.0 Å². The number of aromatic nitrogens is 1. The molecule has 0 aliphatic rings. The highest BCUT2D eigenvalue weighted by atomic mass is 19.4. The maximum atomic E-state index is 13.6. The Hall–Kier alpha value is -2.70. The van der Waals surface area contributed by atoms with Crippen molar-refractivity contribution in [2.45, 2.75) is 13.1 Å². The fraction of sp³-hybridized carbons (Fsp3) is 0.125. The topological polar surface area (TPSA) is 39.2 Å². The van der Waals surface area contributed by atoms with Crippen LogP contribution in [0.2, 0.25) is 0 Å². The highest BCUT2D eigenvalue weighted by Crippen LogP contribution is 2.31. The summed E-state index contributed by atoms with van der Waals surface area (Å²) in [7, 11) is 0. The molecule has 2 rings (SSSR count). The van der Waals surface area contributed by atoms with Crippen LogP contribution in [0.15, 0.2) is 42.6 Å². The van der Waals surface area contributed by atoms with Crippen molar-refractivity contribution in [3.05, 3.63) is 59.5 Å². The van der Waals surface area contributed by atoms with E-state index in [2.05, 4.69) is 4.98 Å². The van der Waals surface area contributed by atoms with Crippen LogP contribution >= 0.6 is 0 Å². The summed E-state index contributed by atoms with van der Waals surface area (Å²) >= 11 is 0. The second-order valence-corrected chi connectivity index (χ2v) is 4.62. The monoisotopic (exact) mass is 325 g/mol. The molecule has 0 saturated heterocycles. The number of halogens is 4. The highest BCUT2D eigenvalue weighted by molar-refractivity contribution is 5.91. The highest BCUT2D eigenvalue weighted by Gasteiger charge is 2.32. The number of alkyl halides is 3. The number of rotatable bonds is 4. The van der Waals surface area contributed by atoms with E-state index in [1.165, 1.54) is 25.1 Å². The Kier molecular flexibility index (Phi) is 4.78. The molecule has 0 N–H and O–H groups in total. The predicted molar refractivity (Wildman–Crippen MR) is 75.4 cm³/mol. The molecule has 0 atom stereocenters. The van der Waals surface area contributed by atoms with E-state index in [-0.39, 0.29) is 11.5 Å². The molecule has 0 radical (unpaired) electrons. The molecule has 0 amide bonds. The lowest BCUT2D eigenvalue weighted by Crippen LogP contribution is -2.06. The normalized spacial score (nSPS) is 11.7. The van der Waals surface area contributed by atoms with E-state index in [9.17, 15) is 22.4 Å². The molecule has 1 aromatic carbocycles. The summed E-state index contributed by atoms with van der Waals surface area (Å²) in [4.78, 5) is 14.2. The average molecular weight is 325 g/mol. The molecule has 0 fully saturated rings. The number of hydrogen-bond acceptors (Lipinski definition) is 3. The van der Waals surface area contributed by atoms with Crippen molar-refractivity contribution < 1.29 is 27.1 Å². The van der Waals surface area contributed by atoms with Gasteiger partial charge in [0.15, 0.2) is 11.6 Å².